The lowest BCUT2D eigenvalue weighted by molar-refractivity contribution is -0.115. The van der Waals surface area contributed by atoms with Gasteiger partial charge in [0, 0.05) is 30.3 Å². The summed E-state index contributed by atoms with van der Waals surface area (Å²) in [5.74, 6) is -0.130. The van der Waals surface area contributed by atoms with E-state index in [-0.39, 0.29) is 24.4 Å². The molecular weight excluding hydrogens is 342 g/mol. The van der Waals surface area contributed by atoms with Crippen molar-refractivity contribution in [3.05, 3.63) is 60.0 Å². The summed E-state index contributed by atoms with van der Waals surface area (Å²) in [6.45, 7) is 4.59. The fourth-order valence-corrected chi connectivity index (χ4v) is 3.42. The summed E-state index contributed by atoms with van der Waals surface area (Å²) in [6, 6.07) is 11.2. The molecular formula is C20H21N5O2. The lowest BCUT2D eigenvalue weighted by atomic mass is 10.2. The van der Waals surface area contributed by atoms with Crippen LogP contribution in [0.25, 0.3) is 5.65 Å². The maximum absolute atomic E-state index is 12.5. The number of hydrogen-bond donors (Lipinski definition) is 2. The Morgan fingerprint density at radius 1 is 1.33 bits per heavy atom. The van der Waals surface area contributed by atoms with Crippen molar-refractivity contribution in [2.24, 2.45) is 0 Å². The van der Waals surface area contributed by atoms with Crippen molar-refractivity contribution in [3.63, 3.8) is 0 Å². The first-order valence-electron chi connectivity index (χ1n) is 8.91. The summed E-state index contributed by atoms with van der Waals surface area (Å²) in [7, 11) is 0. The SMILES string of the molecule is Cc1cccn2c(CC(=O)Nc3cccc(N4C(=O)NCC4C)c3)cnc12. The number of nitrogens with one attached hydrogen (secondary N) is 2. The zero-order chi connectivity index (χ0) is 19.0. The molecule has 1 aromatic carbocycles. The molecule has 0 spiro atoms. The number of fused-ring (bicyclic) bond motifs is 1. The molecule has 1 atom stereocenters. The largest absolute Gasteiger partial charge is 0.336 e. The van der Waals surface area contributed by atoms with Crippen molar-refractivity contribution < 1.29 is 9.59 Å². The molecule has 0 saturated carbocycles. The second-order valence-corrected chi connectivity index (χ2v) is 6.81. The van der Waals surface area contributed by atoms with Crippen molar-refractivity contribution >= 4 is 29.0 Å². The number of pyridine rings is 1. The number of rotatable bonds is 4. The molecule has 3 amide bonds. The Morgan fingerprint density at radius 2 is 2.19 bits per heavy atom. The van der Waals surface area contributed by atoms with E-state index in [1.54, 1.807) is 11.1 Å². The Morgan fingerprint density at radius 3 is 2.96 bits per heavy atom. The van der Waals surface area contributed by atoms with Crippen LogP contribution in [0, 0.1) is 6.92 Å². The third-order valence-corrected chi connectivity index (χ3v) is 4.77. The maximum atomic E-state index is 12.5. The first kappa shape index (κ1) is 17.1. The number of amides is 3. The number of imidazole rings is 1. The van der Waals surface area contributed by atoms with E-state index in [2.05, 4.69) is 15.6 Å². The van der Waals surface area contributed by atoms with E-state index in [0.29, 0.717) is 12.2 Å². The monoisotopic (exact) mass is 363 g/mol. The van der Waals surface area contributed by atoms with E-state index in [1.807, 2.05) is 60.8 Å². The van der Waals surface area contributed by atoms with E-state index in [4.69, 9.17) is 0 Å². The Kier molecular flexibility index (Phi) is 4.27. The smallest absolute Gasteiger partial charge is 0.322 e. The molecule has 27 heavy (non-hydrogen) atoms. The molecule has 4 rings (SSSR count). The second kappa shape index (κ2) is 6.75. The normalized spacial score (nSPS) is 16.6. The average molecular weight is 363 g/mol. The number of urea groups is 1. The number of carbonyl (C=O) groups is 2. The van der Waals surface area contributed by atoms with Crippen LogP contribution in [0.1, 0.15) is 18.2 Å². The van der Waals surface area contributed by atoms with Gasteiger partial charge in [-0.15, -0.1) is 0 Å². The topological polar surface area (TPSA) is 78.7 Å². The number of nitrogens with zero attached hydrogens (tertiary/aromatic N) is 3. The van der Waals surface area contributed by atoms with Gasteiger partial charge in [0.1, 0.15) is 5.65 Å². The minimum atomic E-state index is -0.130. The number of aryl methyl sites for hydroxylation is 1. The van der Waals surface area contributed by atoms with Crippen molar-refractivity contribution in [2.75, 3.05) is 16.8 Å². The van der Waals surface area contributed by atoms with Crippen molar-refractivity contribution in [2.45, 2.75) is 26.3 Å². The van der Waals surface area contributed by atoms with Crippen LogP contribution < -0.4 is 15.5 Å². The molecule has 3 aromatic rings. The van der Waals surface area contributed by atoms with Crippen LogP contribution in [0.3, 0.4) is 0 Å². The molecule has 138 valence electrons. The van der Waals surface area contributed by atoms with E-state index >= 15 is 0 Å². The first-order valence-corrected chi connectivity index (χ1v) is 8.91. The standard InChI is InChI=1S/C20H21N5O2/c1-13-5-4-8-24-17(12-21-19(13)24)10-18(26)23-15-6-3-7-16(9-15)25-14(2)11-22-20(25)27/h3-9,12,14H,10-11H2,1-2H3,(H,22,27)(H,23,26). The average Bonchev–Trinajstić information content (AvgIpc) is 3.19. The number of benzene rings is 1. The van der Waals surface area contributed by atoms with Crippen molar-refractivity contribution in [3.8, 4) is 0 Å². The van der Waals surface area contributed by atoms with Gasteiger partial charge in [-0.3, -0.25) is 9.69 Å². The summed E-state index contributed by atoms with van der Waals surface area (Å²) in [6.07, 6.45) is 3.86. The molecule has 7 nitrogen and oxygen atoms in total. The molecule has 0 bridgehead atoms. The van der Waals surface area contributed by atoms with Crippen LogP contribution in [0.5, 0.6) is 0 Å². The quantitative estimate of drug-likeness (QED) is 0.748. The van der Waals surface area contributed by atoms with Gasteiger partial charge in [-0.25, -0.2) is 9.78 Å². The minimum absolute atomic E-state index is 0.0739. The molecule has 1 aliphatic rings. The number of carbonyl (C=O) groups excluding carboxylic acids is 2. The zero-order valence-electron chi connectivity index (χ0n) is 15.3. The van der Waals surface area contributed by atoms with Crippen LogP contribution in [0.2, 0.25) is 0 Å². The van der Waals surface area contributed by atoms with Gasteiger partial charge in [0.15, 0.2) is 0 Å². The highest BCUT2D eigenvalue weighted by atomic mass is 16.2. The van der Waals surface area contributed by atoms with Crippen LogP contribution in [0.15, 0.2) is 48.8 Å². The van der Waals surface area contributed by atoms with Crippen molar-refractivity contribution in [1.82, 2.24) is 14.7 Å². The van der Waals surface area contributed by atoms with E-state index in [9.17, 15) is 9.59 Å². The molecule has 1 unspecified atom stereocenters. The van der Waals surface area contributed by atoms with Crippen LogP contribution in [-0.4, -0.2) is 33.9 Å². The molecule has 1 fully saturated rings. The third-order valence-electron chi connectivity index (χ3n) is 4.77. The fraction of sp³-hybridized carbons (Fsp3) is 0.250. The summed E-state index contributed by atoms with van der Waals surface area (Å²) in [5.41, 5.74) is 4.18. The highest BCUT2D eigenvalue weighted by Crippen LogP contribution is 2.24. The van der Waals surface area contributed by atoms with Gasteiger partial charge in [0.05, 0.1) is 18.2 Å². The number of anilines is 2. The van der Waals surface area contributed by atoms with Gasteiger partial charge in [0.2, 0.25) is 5.91 Å². The summed E-state index contributed by atoms with van der Waals surface area (Å²) < 4.78 is 1.93. The van der Waals surface area contributed by atoms with Crippen LogP contribution in [0.4, 0.5) is 16.2 Å². The highest BCUT2D eigenvalue weighted by molar-refractivity contribution is 5.97. The lowest BCUT2D eigenvalue weighted by Crippen LogP contribution is -2.32. The Hall–Kier alpha value is -3.35. The van der Waals surface area contributed by atoms with E-state index in [0.717, 1.165) is 22.6 Å². The predicted octanol–water partition coefficient (Wildman–Crippen LogP) is 2.74. The Balaban J connectivity index is 1.50. The molecule has 3 heterocycles. The fourth-order valence-electron chi connectivity index (χ4n) is 3.42. The van der Waals surface area contributed by atoms with Gasteiger partial charge in [-0.2, -0.15) is 0 Å². The predicted molar refractivity (Wildman–Crippen MR) is 104 cm³/mol. The molecule has 0 radical (unpaired) electrons. The van der Waals surface area contributed by atoms with Crippen LogP contribution in [-0.2, 0) is 11.2 Å². The second-order valence-electron chi connectivity index (χ2n) is 6.81. The Labute approximate surface area is 157 Å². The van der Waals surface area contributed by atoms with Gasteiger partial charge in [0.25, 0.3) is 0 Å². The number of hydrogen-bond acceptors (Lipinski definition) is 3. The maximum Gasteiger partial charge on any atom is 0.322 e. The minimum Gasteiger partial charge on any atom is -0.336 e. The molecule has 2 aromatic heterocycles. The highest BCUT2D eigenvalue weighted by Gasteiger charge is 2.28. The zero-order valence-corrected chi connectivity index (χ0v) is 15.3. The van der Waals surface area contributed by atoms with Gasteiger partial charge >= 0.3 is 6.03 Å². The first-order chi connectivity index (χ1) is 13.0. The van der Waals surface area contributed by atoms with Crippen LogP contribution >= 0.6 is 0 Å². The molecule has 1 saturated heterocycles. The van der Waals surface area contributed by atoms with Gasteiger partial charge < -0.3 is 15.0 Å². The number of aromatic nitrogens is 2. The van der Waals surface area contributed by atoms with E-state index < -0.39 is 0 Å². The Bertz CT molecular complexity index is 1030. The summed E-state index contributed by atoms with van der Waals surface area (Å²) in [5, 5.41) is 5.73. The van der Waals surface area contributed by atoms with Crippen molar-refractivity contribution in [1.29, 1.82) is 0 Å². The summed E-state index contributed by atoms with van der Waals surface area (Å²) in [4.78, 5) is 30.6. The van der Waals surface area contributed by atoms with E-state index in [1.165, 1.54) is 0 Å². The summed E-state index contributed by atoms with van der Waals surface area (Å²) >= 11 is 0. The molecule has 2 N–H and O–H groups in total. The molecule has 1 aliphatic heterocycles. The molecule has 7 heteroatoms. The third kappa shape index (κ3) is 3.23. The molecule has 0 aliphatic carbocycles. The lowest BCUT2D eigenvalue weighted by Gasteiger charge is -2.20. The van der Waals surface area contributed by atoms with Gasteiger partial charge in [-0.05, 0) is 43.7 Å². The van der Waals surface area contributed by atoms with Gasteiger partial charge in [-0.1, -0.05) is 12.1 Å².